The highest BCUT2D eigenvalue weighted by Gasteiger charge is 2.28. The van der Waals surface area contributed by atoms with Crippen LogP contribution in [0.2, 0.25) is 0 Å². The molecule has 7 nitrogen and oxygen atoms in total. The van der Waals surface area contributed by atoms with Crippen LogP contribution in [0.1, 0.15) is 39.0 Å². The Kier molecular flexibility index (Phi) is 7.61. The van der Waals surface area contributed by atoms with Crippen molar-refractivity contribution in [3.8, 4) is 5.75 Å². The van der Waals surface area contributed by atoms with E-state index in [-0.39, 0.29) is 24.9 Å². The highest BCUT2D eigenvalue weighted by molar-refractivity contribution is 9.10. The standard InChI is InChI=1S/C23H27BrN2O5S/c1-5-30-22(27)12-17-8-6-7-9-21(17)31-14-18-13-20(24)19-10-11-26(23(19)25-18)32(28,29)16(4)15(2)3/h6-11,13,15-16H,5,12,14H2,1-4H3. The first-order chi connectivity index (χ1) is 15.1. The Labute approximate surface area is 196 Å². The Hall–Kier alpha value is -2.39. The molecule has 32 heavy (non-hydrogen) atoms. The fraction of sp³-hybridized carbons (Fsp3) is 0.391. The lowest BCUT2D eigenvalue weighted by molar-refractivity contribution is -0.142. The summed E-state index contributed by atoms with van der Waals surface area (Å²) >= 11 is 3.52. The molecule has 1 atom stereocenters. The van der Waals surface area contributed by atoms with Gasteiger partial charge in [0.05, 0.1) is 24.0 Å². The van der Waals surface area contributed by atoms with Gasteiger partial charge in [0.2, 0.25) is 10.0 Å². The number of halogens is 1. The molecule has 0 bridgehead atoms. The number of hydrogen-bond donors (Lipinski definition) is 0. The zero-order valence-corrected chi connectivity index (χ0v) is 20.9. The molecule has 3 rings (SSSR count). The summed E-state index contributed by atoms with van der Waals surface area (Å²) in [7, 11) is -3.61. The molecule has 2 aromatic heterocycles. The van der Waals surface area contributed by atoms with Crippen LogP contribution in [-0.2, 0) is 32.6 Å². The molecule has 0 spiro atoms. The normalized spacial score (nSPS) is 12.8. The van der Waals surface area contributed by atoms with Gasteiger partial charge in [0.15, 0.2) is 5.65 Å². The molecular weight excluding hydrogens is 496 g/mol. The molecule has 0 saturated heterocycles. The van der Waals surface area contributed by atoms with Gasteiger partial charge in [0, 0.05) is 21.6 Å². The topological polar surface area (TPSA) is 87.5 Å². The molecule has 3 aromatic rings. The minimum absolute atomic E-state index is 0.0386. The molecule has 9 heteroatoms. The molecule has 1 aromatic carbocycles. The molecule has 0 amide bonds. The van der Waals surface area contributed by atoms with Crippen LogP contribution in [-0.4, -0.2) is 35.2 Å². The van der Waals surface area contributed by atoms with E-state index in [1.165, 1.54) is 10.2 Å². The second-order valence-corrected chi connectivity index (χ2v) is 10.8. The van der Waals surface area contributed by atoms with Crippen LogP contribution in [0.3, 0.4) is 0 Å². The Morgan fingerprint density at radius 3 is 2.59 bits per heavy atom. The van der Waals surface area contributed by atoms with Crippen LogP contribution in [0.25, 0.3) is 11.0 Å². The minimum Gasteiger partial charge on any atom is -0.487 e. The molecule has 0 radical (unpaired) electrons. The van der Waals surface area contributed by atoms with Crippen molar-refractivity contribution in [3.05, 3.63) is 58.3 Å². The third-order valence-corrected chi connectivity index (χ3v) is 8.28. The largest absolute Gasteiger partial charge is 0.487 e. The van der Waals surface area contributed by atoms with Crippen LogP contribution in [0.5, 0.6) is 5.75 Å². The van der Waals surface area contributed by atoms with E-state index in [1.54, 1.807) is 32.0 Å². The van der Waals surface area contributed by atoms with Crippen molar-refractivity contribution in [2.75, 3.05) is 6.61 Å². The van der Waals surface area contributed by atoms with Gasteiger partial charge in [-0.05, 0) is 53.9 Å². The van der Waals surface area contributed by atoms with Crippen molar-refractivity contribution < 1.29 is 22.7 Å². The lowest BCUT2D eigenvalue weighted by atomic mass is 10.1. The molecular formula is C23H27BrN2O5S. The summed E-state index contributed by atoms with van der Waals surface area (Å²) in [6, 6.07) is 10.8. The molecule has 2 heterocycles. The molecule has 0 aliphatic rings. The summed E-state index contributed by atoms with van der Waals surface area (Å²) in [4.78, 5) is 16.5. The first-order valence-corrected chi connectivity index (χ1v) is 12.7. The van der Waals surface area contributed by atoms with Crippen molar-refractivity contribution >= 4 is 43.0 Å². The summed E-state index contributed by atoms with van der Waals surface area (Å²) in [5.74, 6) is 0.187. The predicted molar refractivity (Wildman–Crippen MR) is 127 cm³/mol. The molecule has 0 fully saturated rings. The predicted octanol–water partition coefficient (Wildman–Crippen LogP) is 4.71. The first kappa shape index (κ1) is 24.3. The number of pyridine rings is 1. The third-order valence-electron chi connectivity index (χ3n) is 5.30. The number of benzene rings is 1. The average molecular weight is 523 g/mol. The summed E-state index contributed by atoms with van der Waals surface area (Å²) in [5.41, 5.74) is 1.62. The maximum absolute atomic E-state index is 13.1. The number of esters is 1. The van der Waals surface area contributed by atoms with E-state index in [2.05, 4.69) is 20.9 Å². The van der Waals surface area contributed by atoms with E-state index in [9.17, 15) is 13.2 Å². The first-order valence-electron chi connectivity index (χ1n) is 10.4. The van der Waals surface area contributed by atoms with E-state index >= 15 is 0 Å². The number of aromatic nitrogens is 2. The van der Waals surface area contributed by atoms with Gasteiger partial charge in [0.1, 0.15) is 12.4 Å². The van der Waals surface area contributed by atoms with E-state index in [0.717, 1.165) is 4.47 Å². The Bertz CT molecular complexity index is 1220. The van der Waals surface area contributed by atoms with Crippen molar-refractivity contribution in [3.63, 3.8) is 0 Å². The lowest BCUT2D eigenvalue weighted by Crippen LogP contribution is -2.29. The summed E-state index contributed by atoms with van der Waals surface area (Å²) < 4.78 is 39.1. The second kappa shape index (κ2) is 10.0. The SMILES string of the molecule is CCOC(=O)Cc1ccccc1OCc1cc(Br)c2ccn(S(=O)(=O)C(C)C(C)C)c2n1. The number of carbonyl (C=O) groups is 1. The Balaban J connectivity index is 1.90. The van der Waals surface area contributed by atoms with Gasteiger partial charge < -0.3 is 9.47 Å². The third kappa shape index (κ3) is 5.15. The summed E-state index contributed by atoms with van der Waals surface area (Å²) in [6.45, 7) is 7.65. The average Bonchev–Trinajstić information content (AvgIpc) is 3.18. The zero-order valence-electron chi connectivity index (χ0n) is 18.5. The smallest absolute Gasteiger partial charge is 0.310 e. The van der Waals surface area contributed by atoms with E-state index in [1.807, 2.05) is 32.0 Å². The van der Waals surface area contributed by atoms with Gasteiger partial charge in [-0.25, -0.2) is 17.4 Å². The van der Waals surface area contributed by atoms with Gasteiger partial charge >= 0.3 is 5.97 Å². The molecule has 172 valence electrons. The number of hydrogen-bond acceptors (Lipinski definition) is 6. The molecule has 0 N–H and O–H groups in total. The van der Waals surface area contributed by atoms with Crippen LogP contribution in [0.15, 0.2) is 47.1 Å². The number of para-hydroxylation sites is 1. The van der Waals surface area contributed by atoms with E-state index < -0.39 is 15.3 Å². The van der Waals surface area contributed by atoms with Gasteiger partial charge in [0.25, 0.3) is 0 Å². The fourth-order valence-electron chi connectivity index (χ4n) is 3.21. The Morgan fingerprint density at radius 1 is 1.19 bits per heavy atom. The highest BCUT2D eigenvalue weighted by Crippen LogP contribution is 2.28. The molecule has 0 aliphatic heterocycles. The summed E-state index contributed by atoms with van der Waals surface area (Å²) in [6.07, 6.45) is 1.64. The number of nitrogens with zero attached hydrogens (tertiary/aromatic N) is 2. The molecule has 0 aliphatic carbocycles. The van der Waals surface area contributed by atoms with Crippen LogP contribution in [0, 0.1) is 5.92 Å². The van der Waals surface area contributed by atoms with Crippen molar-refractivity contribution in [1.29, 1.82) is 0 Å². The lowest BCUT2D eigenvalue weighted by Gasteiger charge is -2.18. The minimum atomic E-state index is -3.61. The van der Waals surface area contributed by atoms with Crippen LogP contribution in [0.4, 0.5) is 0 Å². The van der Waals surface area contributed by atoms with Crippen molar-refractivity contribution in [2.24, 2.45) is 5.92 Å². The van der Waals surface area contributed by atoms with Crippen LogP contribution < -0.4 is 4.74 Å². The fourth-order valence-corrected chi connectivity index (χ4v) is 5.44. The second-order valence-electron chi connectivity index (χ2n) is 7.82. The van der Waals surface area contributed by atoms with Crippen molar-refractivity contribution in [1.82, 2.24) is 8.96 Å². The maximum atomic E-state index is 13.1. The van der Waals surface area contributed by atoms with Gasteiger partial charge in [-0.3, -0.25) is 4.79 Å². The number of carbonyl (C=O) groups excluding carboxylic acids is 1. The summed E-state index contributed by atoms with van der Waals surface area (Å²) in [5, 5.41) is 0.143. The zero-order chi connectivity index (χ0) is 23.5. The molecule has 0 saturated carbocycles. The number of ether oxygens (including phenoxy) is 2. The maximum Gasteiger partial charge on any atom is 0.310 e. The van der Waals surface area contributed by atoms with Gasteiger partial charge in [-0.15, -0.1) is 0 Å². The highest BCUT2D eigenvalue weighted by atomic mass is 79.9. The van der Waals surface area contributed by atoms with Crippen molar-refractivity contribution in [2.45, 2.75) is 46.0 Å². The van der Waals surface area contributed by atoms with E-state index in [4.69, 9.17) is 9.47 Å². The number of fused-ring (bicyclic) bond motifs is 1. The monoisotopic (exact) mass is 522 g/mol. The number of rotatable bonds is 9. The van der Waals surface area contributed by atoms with Gasteiger partial charge in [-0.2, -0.15) is 0 Å². The quantitative estimate of drug-likeness (QED) is 0.378. The molecule has 1 unspecified atom stereocenters. The van der Waals surface area contributed by atoms with Crippen LogP contribution >= 0.6 is 15.9 Å². The Morgan fingerprint density at radius 2 is 1.91 bits per heavy atom. The van der Waals surface area contributed by atoms with Gasteiger partial charge in [-0.1, -0.05) is 32.0 Å². The van der Waals surface area contributed by atoms with E-state index in [0.29, 0.717) is 34.6 Å².